The normalized spacial score (nSPS) is 9.56. The van der Waals surface area contributed by atoms with Crippen molar-refractivity contribution >= 4 is 12.3 Å². The molecule has 0 aliphatic carbocycles. The Bertz CT molecular complexity index is 453. The lowest BCUT2D eigenvalue weighted by Gasteiger charge is -2.14. The smallest absolute Gasteiger partial charge is 0.251 e. The Balaban J connectivity index is 0. The molecule has 6 heteroatoms. The van der Waals surface area contributed by atoms with E-state index in [1.165, 1.54) is 0 Å². The van der Waals surface area contributed by atoms with Gasteiger partial charge in [-0.3, -0.25) is 9.59 Å². The van der Waals surface area contributed by atoms with E-state index in [1.54, 1.807) is 45.5 Å². The monoisotopic (exact) mass is 354 g/mol. The third-order valence-corrected chi connectivity index (χ3v) is 2.95. The van der Waals surface area contributed by atoms with Crippen LogP contribution >= 0.6 is 0 Å². The van der Waals surface area contributed by atoms with E-state index in [1.807, 2.05) is 20.8 Å². The van der Waals surface area contributed by atoms with Crippen LogP contribution in [0.5, 0.6) is 5.75 Å². The third kappa shape index (κ3) is 16.6. The summed E-state index contributed by atoms with van der Waals surface area (Å²) in [6.07, 6.45) is 2.95. The van der Waals surface area contributed by atoms with Gasteiger partial charge in [-0.05, 0) is 51.5 Å². The Labute approximate surface area is 152 Å². The predicted octanol–water partition coefficient (Wildman–Crippen LogP) is 3.02. The molecule has 0 heterocycles. The van der Waals surface area contributed by atoms with Crippen molar-refractivity contribution in [2.24, 2.45) is 0 Å². The van der Waals surface area contributed by atoms with Gasteiger partial charge in [-0.2, -0.15) is 0 Å². The van der Waals surface area contributed by atoms with Gasteiger partial charge >= 0.3 is 0 Å². The highest BCUT2D eigenvalue weighted by molar-refractivity contribution is 5.94. The highest BCUT2D eigenvalue weighted by atomic mass is 16.5. The Morgan fingerprint density at radius 2 is 1.68 bits per heavy atom. The van der Waals surface area contributed by atoms with Crippen molar-refractivity contribution in [1.82, 2.24) is 10.6 Å². The Morgan fingerprint density at radius 1 is 1.16 bits per heavy atom. The van der Waals surface area contributed by atoms with Crippen molar-refractivity contribution in [2.45, 2.75) is 46.1 Å². The maximum absolute atomic E-state index is 11.1. The van der Waals surface area contributed by atoms with Crippen LogP contribution in [0.1, 0.15) is 50.9 Å². The number of rotatable bonds is 6. The first-order chi connectivity index (χ1) is 11.7. The lowest BCUT2D eigenvalue weighted by molar-refractivity contribution is -0.109. The fourth-order valence-electron chi connectivity index (χ4n) is 1.22. The average molecular weight is 354 g/mol. The van der Waals surface area contributed by atoms with Crippen LogP contribution in [0, 0.1) is 0 Å². The van der Waals surface area contributed by atoms with Crippen LogP contribution in [-0.4, -0.2) is 45.7 Å². The van der Waals surface area contributed by atoms with Crippen molar-refractivity contribution in [3.05, 3.63) is 29.8 Å². The molecule has 0 radical (unpaired) electrons. The number of amides is 2. The Morgan fingerprint density at radius 3 is 2.00 bits per heavy atom. The van der Waals surface area contributed by atoms with E-state index in [4.69, 9.17) is 9.47 Å². The van der Waals surface area contributed by atoms with Gasteiger partial charge in [0.15, 0.2) is 0 Å². The highest BCUT2D eigenvalue weighted by Gasteiger charge is 2.04. The van der Waals surface area contributed by atoms with Crippen LogP contribution < -0.4 is 15.4 Å². The second-order valence-corrected chi connectivity index (χ2v) is 6.05. The van der Waals surface area contributed by atoms with Crippen LogP contribution in [0.4, 0.5) is 0 Å². The van der Waals surface area contributed by atoms with E-state index in [2.05, 4.69) is 17.6 Å². The van der Waals surface area contributed by atoms with Crippen molar-refractivity contribution in [3.8, 4) is 5.75 Å². The van der Waals surface area contributed by atoms with Crippen LogP contribution in [0.25, 0.3) is 0 Å². The molecule has 0 unspecified atom stereocenters. The molecule has 6 nitrogen and oxygen atoms in total. The van der Waals surface area contributed by atoms with Crippen LogP contribution in [0.15, 0.2) is 24.3 Å². The summed E-state index contributed by atoms with van der Waals surface area (Å²) in [6.45, 7) is 8.97. The zero-order chi connectivity index (χ0) is 19.7. The van der Waals surface area contributed by atoms with E-state index in [0.717, 1.165) is 31.5 Å². The summed E-state index contributed by atoms with van der Waals surface area (Å²) in [5.41, 5.74) is 0.679. The van der Waals surface area contributed by atoms with Gasteiger partial charge in [0.2, 0.25) is 6.41 Å². The quantitative estimate of drug-likeness (QED) is 0.608. The summed E-state index contributed by atoms with van der Waals surface area (Å²) >= 11 is 0. The fraction of sp³-hybridized carbons (Fsp3) is 0.579. The standard InChI is InChI=1S/C9H11NO2.C5H11NO.C5H12O/c1-10-9(11)7-3-5-8(12-2)6-4-7;1-2-3-4-6-5-7;1-5(2,3)6-4/h3-6H,1-2H3,(H,10,11);5H,2-4H2,1H3,(H,6,7);1-4H3. The first-order valence-corrected chi connectivity index (χ1v) is 8.34. The van der Waals surface area contributed by atoms with E-state index in [0.29, 0.717) is 5.56 Å². The SMILES string of the molecule is CCCCNC=O.CNC(=O)c1ccc(OC)cc1.COC(C)(C)C. The average Bonchev–Trinajstić information content (AvgIpc) is 2.62. The molecule has 0 atom stereocenters. The summed E-state index contributed by atoms with van der Waals surface area (Å²) in [7, 11) is 4.90. The van der Waals surface area contributed by atoms with Gasteiger partial charge in [0.1, 0.15) is 5.75 Å². The topological polar surface area (TPSA) is 76.7 Å². The maximum Gasteiger partial charge on any atom is 0.251 e. The zero-order valence-electron chi connectivity index (χ0n) is 16.6. The molecule has 2 amide bonds. The lowest BCUT2D eigenvalue weighted by Crippen LogP contribution is -2.17. The Kier molecular flexibility index (Phi) is 15.5. The second kappa shape index (κ2) is 15.4. The molecule has 0 aromatic heterocycles. The van der Waals surface area contributed by atoms with Gasteiger partial charge in [0.05, 0.1) is 12.7 Å². The molecule has 144 valence electrons. The van der Waals surface area contributed by atoms with E-state index < -0.39 is 0 Å². The molecule has 0 saturated heterocycles. The van der Waals surface area contributed by atoms with Gasteiger partial charge in [-0.25, -0.2) is 0 Å². The molecule has 2 N–H and O–H groups in total. The molecule has 0 aliphatic heterocycles. The number of hydrogen-bond acceptors (Lipinski definition) is 4. The summed E-state index contributed by atoms with van der Waals surface area (Å²) in [5.74, 6) is 0.667. The number of carbonyl (C=O) groups is 2. The number of unbranched alkanes of at least 4 members (excludes halogenated alkanes) is 1. The van der Waals surface area contributed by atoms with Gasteiger partial charge in [0, 0.05) is 26.3 Å². The van der Waals surface area contributed by atoms with Crippen LogP contribution in [-0.2, 0) is 9.53 Å². The molecule has 25 heavy (non-hydrogen) atoms. The van der Waals surface area contributed by atoms with Crippen LogP contribution in [0.3, 0.4) is 0 Å². The van der Waals surface area contributed by atoms with Crippen molar-refractivity contribution in [1.29, 1.82) is 0 Å². The number of nitrogens with one attached hydrogen (secondary N) is 2. The van der Waals surface area contributed by atoms with E-state index >= 15 is 0 Å². The first-order valence-electron chi connectivity index (χ1n) is 8.34. The van der Waals surface area contributed by atoms with E-state index in [9.17, 15) is 9.59 Å². The summed E-state index contributed by atoms with van der Waals surface area (Å²) in [6, 6.07) is 6.95. The molecule has 1 rings (SSSR count). The summed E-state index contributed by atoms with van der Waals surface area (Å²) < 4.78 is 9.89. The molecule has 0 saturated carbocycles. The Hall–Kier alpha value is -2.08. The third-order valence-electron chi connectivity index (χ3n) is 2.95. The number of hydrogen-bond donors (Lipinski definition) is 2. The molecular weight excluding hydrogens is 320 g/mol. The highest BCUT2D eigenvalue weighted by Crippen LogP contribution is 2.10. The minimum absolute atomic E-state index is 0.0417. The number of methoxy groups -OCH3 is 2. The number of benzene rings is 1. The van der Waals surface area contributed by atoms with Crippen molar-refractivity contribution in [3.63, 3.8) is 0 Å². The van der Waals surface area contributed by atoms with Gasteiger partial charge in [0.25, 0.3) is 5.91 Å². The van der Waals surface area contributed by atoms with E-state index in [-0.39, 0.29) is 11.5 Å². The summed E-state index contributed by atoms with van der Waals surface area (Å²) in [4.78, 5) is 20.6. The van der Waals surface area contributed by atoms with Crippen molar-refractivity contribution < 1.29 is 19.1 Å². The maximum atomic E-state index is 11.1. The minimum Gasteiger partial charge on any atom is -0.497 e. The van der Waals surface area contributed by atoms with Crippen molar-refractivity contribution in [2.75, 3.05) is 27.8 Å². The molecule has 0 fully saturated rings. The molecule has 0 spiro atoms. The van der Waals surface area contributed by atoms with Gasteiger partial charge < -0.3 is 20.1 Å². The summed E-state index contributed by atoms with van der Waals surface area (Å²) in [5, 5.41) is 5.11. The van der Waals surface area contributed by atoms with Gasteiger partial charge in [-0.15, -0.1) is 0 Å². The first kappa shape index (κ1) is 25.2. The molecule has 1 aromatic carbocycles. The molecular formula is C19H34N2O4. The molecule has 0 aliphatic rings. The molecule has 1 aromatic rings. The number of carbonyl (C=O) groups excluding carboxylic acids is 2. The van der Waals surface area contributed by atoms with Crippen LogP contribution in [0.2, 0.25) is 0 Å². The predicted molar refractivity (Wildman–Crippen MR) is 102 cm³/mol. The fourth-order valence-corrected chi connectivity index (χ4v) is 1.22. The number of ether oxygens (including phenoxy) is 2. The zero-order valence-corrected chi connectivity index (χ0v) is 16.6. The second-order valence-electron chi connectivity index (χ2n) is 6.05. The largest absolute Gasteiger partial charge is 0.497 e. The molecule has 0 bridgehead atoms. The minimum atomic E-state index is -0.0855. The lowest BCUT2D eigenvalue weighted by atomic mass is 10.2. The van der Waals surface area contributed by atoms with Gasteiger partial charge in [-0.1, -0.05) is 13.3 Å².